The number of rotatable bonds is 4. The molecule has 0 aromatic rings. The van der Waals surface area contributed by atoms with Crippen LogP contribution in [0.2, 0.25) is 0 Å². The van der Waals surface area contributed by atoms with Gasteiger partial charge in [-0.2, -0.15) is 0 Å². The lowest BCUT2D eigenvalue weighted by Crippen LogP contribution is -2.42. The van der Waals surface area contributed by atoms with E-state index in [1.54, 1.807) is 0 Å². The van der Waals surface area contributed by atoms with E-state index in [0.29, 0.717) is 0 Å². The Bertz CT molecular complexity index is 280. The van der Waals surface area contributed by atoms with Crippen LogP contribution in [0.5, 0.6) is 0 Å². The highest BCUT2D eigenvalue weighted by Crippen LogP contribution is 2.38. The zero-order chi connectivity index (χ0) is 12.6. The summed E-state index contributed by atoms with van der Waals surface area (Å²) in [5, 5.41) is 3.80. The van der Waals surface area contributed by atoms with E-state index in [2.05, 4.69) is 17.2 Å². The molecule has 2 atom stereocenters. The summed E-state index contributed by atoms with van der Waals surface area (Å²) < 4.78 is 0. The minimum atomic E-state index is 0.792. The summed E-state index contributed by atoms with van der Waals surface area (Å²) in [6.45, 7) is 3.03. The monoisotopic (exact) mass is 247 g/mol. The van der Waals surface area contributed by atoms with Crippen LogP contribution in [0, 0.1) is 23.7 Å². The zero-order valence-electron chi connectivity index (χ0n) is 12.0. The second-order valence-corrected chi connectivity index (χ2v) is 6.08. The van der Waals surface area contributed by atoms with Crippen molar-refractivity contribution in [3.8, 4) is 11.8 Å². The van der Waals surface area contributed by atoms with Crippen LogP contribution in [0.1, 0.15) is 71.1 Å². The van der Waals surface area contributed by atoms with E-state index >= 15 is 0 Å². The summed E-state index contributed by atoms with van der Waals surface area (Å²) in [7, 11) is 0. The van der Waals surface area contributed by atoms with Crippen molar-refractivity contribution in [2.24, 2.45) is 11.8 Å². The highest BCUT2D eigenvalue weighted by atomic mass is 14.9. The molecule has 0 radical (unpaired) electrons. The van der Waals surface area contributed by atoms with Crippen LogP contribution < -0.4 is 5.32 Å². The van der Waals surface area contributed by atoms with Gasteiger partial charge in [0.1, 0.15) is 0 Å². The molecule has 2 aliphatic carbocycles. The molecule has 0 bridgehead atoms. The fourth-order valence-corrected chi connectivity index (χ4v) is 3.98. The Morgan fingerprint density at radius 3 is 2.44 bits per heavy atom. The molecule has 2 fully saturated rings. The summed E-state index contributed by atoms with van der Waals surface area (Å²) in [4.78, 5) is 0. The first kappa shape index (κ1) is 13.9. The van der Waals surface area contributed by atoms with E-state index in [9.17, 15) is 0 Å². The third kappa shape index (κ3) is 4.02. The van der Waals surface area contributed by atoms with Crippen molar-refractivity contribution in [1.82, 2.24) is 5.32 Å². The van der Waals surface area contributed by atoms with Gasteiger partial charge in [0.05, 0.1) is 0 Å². The molecular formula is C17H29N. The van der Waals surface area contributed by atoms with Gasteiger partial charge in [-0.1, -0.05) is 44.9 Å². The van der Waals surface area contributed by atoms with Gasteiger partial charge in [-0.25, -0.2) is 0 Å². The van der Waals surface area contributed by atoms with Gasteiger partial charge in [-0.05, 0) is 31.6 Å². The molecule has 0 heterocycles. The Balaban J connectivity index is 1.81. The summed E-state index contributed by atoms with van der Waals surface area (Å²) in [5.41, 5.74) is 0. The molecule has 2 rings (SSSR count). The molecule has 0 spiro atoms. The minimum absolute atomic E-state index is 0.792. The Morgan fingerprint density at radius 1 is 0.944 bits per heavy atom. The van der Waals surface area contributed by atoms with Crippen molar-refractivity contribution in [2.45, 2.75) is 77.2 Å². The summed E-state index contributed by atoms with van der Waals surface area (Å²) in [6, 6.07) is 0.792. The van der Waals surface area contributed by atoms with Gasteiger partial charge in [0.25, 0.3) is 0 Å². The first-order valence-electron chi connectivity index (χ1n) is 8.05. The molecule has 0 aromatic heterocycles. The fraction of sp³-hybridized carbons (Fsp3) is 0.882. The second-order valence-electron chi connectivity index (χ2n) is 6.08. The molecule has 1 nitrogen and oxygen atoms in total. The van der Waals surface area contributed by atoms with Gasteiger partial charge >= 0.3 is 0 Å². The van der Waals surface area contributed by atoms with Crippen LogP contribution >= 0.6 is 0 Å². The molecule has 18 heavy (non-hydrogen) atoms. The highest BCUT2D eigenvalue weighted by Gasteiger charge is 2.31. The van der Waals surface area contributed by atoms with Crippen molar-refractivity contribution >= 4 is 0 Å². The van der Waals surface area contributed by atoms with Gasteiger partial charge in [0.2, 0.25) is 0 Å². The molecule has 0 saturated heterocycles. The minimum Gasteiger partial charge on any atom is -0.313 e. The van der Waals surface area contributed by atoms with Crippen molar-refractivity contribution in [3.63, 3.8) is 0 Å². The van der Waals surface area contributed by atoms with Crippen LogP contribution in [0.3, 0.4) is 0 Å². The molecule has 0 aromatic carbocycles. The van der Waals surface area contributed by atoms with Gasteiger partial charge in [0.15, 0.2) is 0 Å². The zero-order valence-corrected chi connectivity index (χ0v) is 12.0. The van der Waals surface area contributed by atoms with E-state index in [1.165, 1.54) is 57.8 Å². The molecule has 0 aliphatic heterocycles. The average molecular weight is 247 g/mol. The normalized spacial score (nSPS) is 29.6. The molecule has 1 heteroatoms. The van der Waals surface area contributed by atoms with Crippen LogP contribution in [-0.4, -0.2) is 12.6 Å². The number of hydrogen-bond acceptors (Lipinski definition) is 1. The maximum Gasteiger partial charge on any atom is 0.0214 e. The maximum atomic E-state index is 3.80. The lowest BCUT2D eigenvalue weighted by Gasteiger charge is -2.39. The van der Waals surface area contributed by atoms with E-state index in [-0.39, 0.29) is 0 Å². The summed E-state index contributed by atoms with van der Waals surface area (Å²) >= 11 is 0. The largest absolute Gasteiger partial charge is 0.313 e. The Labute approximate surface area is 113 Å². The standard InChI is InChI=1S/C17H29N/c1-2-3-9-14-18-17-13-8-7-12-16(17)15-10-5-4-6-11-15/h15-18H,4-14H2,1H3. The van der Waals surface area contributed by atoms with Crippen molar-refractivity contribution < 1.29 is 0 Å². The number of hydrogen-bond donors (Lipinski definition) is 1. The average Bonchev–Trinajstić information content (AvgIpc) is 2.45. The molecule has 2 aliphatic rings. The van der Waals surface area contributed by atoms with Crippen LogP contribution in [-0.2, 0) is 0 Å². The van der Waals surface area contributed by atoms with Gasteiger partial charge in [-0.3, -0.25) is 0 Å². The third-order valence-electron chi connectivity index (χ3n) is 4.91. The maximum absolute atomic E-state index is 3.80. The van der Waals surface area contributed by atoms with E-state index in [1.807, 2.05) is 6.92 Å². The lowest BCUT2D eigenvalue weighted by atomic mass is 9.71. The van der Waals surface area contributed by atoms with E-state index in [4.69, 9.17) is 0 Å². The molecular weight excluding hydrogens is 218 g/mol. The smallest absolute Gasteiger partial charge is 0.0214 e. The molecule has 1 N–H and O–H groups in total. The molecule has 102 valence electrons. The summed E-state index contributed by atoms with van der Waals surface area (Å²) in [5.74, 6) is 8.15. The Morgan fingerprint density at radius 2 is 1.67 bits per heavy atom. The molecule has 2 saturated carbocycles. The first-order valence-corrected chi connectivity index (χ1v) is 8.05. The van der Waals surface area contributed by atoms with Crippen LogP contribution in [0.4, 0.5) is 0 Å². The van der Waals surface area contributed by atoms with Crippen molar-refractivity contribution in [2.75, 3.05) is 6.54 Å². The predicted octanol–water partition coefficient (Wildman–Crippen LogP) is 4.13. The highest BCUT2D eigenvalue weighted by molar-refractivity contribution is 4.96. The van der Waals surface area contributed by atoms with E-state index < -0.39 is 0 Å². The second kappa shape index (κ2) is 7.85. The van der Waals surface area contributed by atoms with Gasteiger partial charge in [0, 0.05) is 19.0 Å². The topological polar surface area (TPSA) is 12.0 Å². The third-order valence-corrected chi connectivity index (χ3v) is 4.91. The van der Waals surface area contributed by atoms with Gasteiger partial charge in [-0.15, -0.1) is 11.8 Å². The van der Waals surface area contributed by atoms with Crippen molar-refractivity contribution in [3.05, 3.63) is 0 Å². The van der Waals surface area contributed by atoms with Gasteiger partial charge < -0.3 is 5.32 Å². The molecule has 2 unspecified atom stereocenters. The van der Waals surface area contributed by atoms with Crippen LogP contribution in [0.15, 0.2) is 0 Å². The quantitative estimate of drug-likeness (QED) is 0.582. The van der Waals surface area contributed by atoms with E-state index in [0.717, 1.165) is 30.8 Å². The fourth-order valence-electron chi connectivity index (χ4n) is 3.98. The Hall–Kier alpha value is -0.480. The van der Waals surface area contributed by atoms with Crippen LogP contribution in [0.25, 0.3) is 0 Å². The lowest BCUT2D eigenvalue weighted by molar-refractivity contribution is 0.151. The Kier molecular flexibility index (Phi) is 6.08. The summed E-state index contributed by atoms with van der Waals surface area (Å²) in [6.07, 6.45) is 14.2. The first-order chi connectivity index (χ1) is 8.92. The molecule has 0 amide bonds. The predicted molar refractivity (Wildman–Crippen MR) is 78.4 cm³/mol. The van der Waals surface area contributed by atoms with Crippen molar-refractivity contribution in [1.29, 1.82) is 0 Å². The number of nitrogens with one attached hydrogen (secondary N) is 1. The SMILES string of the molecule is CC#CCCNC1CCCCC1C1CCCCC1.